The Hall–Kier alpha value is -3.32. The summed E-state index contributed by atoms with van der Waals surface area (Å²) >= 11 is 6.37. The van der Waals surface area contributed by atoms with Gasteiger partial charge in [0.15, 0.2) is 16.6 Å². The fourth-order valence-electron chi connectivity index (χ4n) is 3.14. The van der Waals surface area contributed by atoms with Crippen LogP contribution in [0.3, 0.4) is 0 Å². The minimum atomic E-state index is -0.326. The first-order valence-electron chi connectivity index (χ1n) is 8.16. The summed E-state index contributed by atoms with van der Waals surface area (Å²) in [6, 6.07) is 13.6. The molecule has 5 rings (SSSR count). The fraction of sp³-hybridized carbons (Fsp3) is 0.0526. The van der Waals surface area contributed by atoms with E-state index in [2.05, 4.69) is 20.5 Å². The van der Waals surface area contributed by atoms with Gasteiger partial charge in [-0.15, -0.1) is 10.2 Å². The number of nitrogens with zero attached hydrogens (tertiary/aromatic N) is 5. The normalized spacial score (nSPS) is 11.5. The second-order valence-electron chi connectivity index (χ2n) is 6.06. The number of hydrogen-bond acceptors (Lipinski definition) is 5. The fourth-order valence-corrected chi connectivity index (χ4v) is 3.38. The van der Waals surface area contributed by atoms with Crippen LogP contribution < -0.4 is 0 Å². The van der Waals surface area contributed by atoms with Gasteiger partial charge in [-0.05, 0) is 31.2 Å². The summed E-state index contributed by atoms with van der Waals surface area (Å²) in [6.07, 6.45) is 0. The Morgan fingerprint density at radius 2 is 1.74 bits per heavy atom. The largest absolute Gasteiger partial charge is 0.360 e. The summed E-state index contributed by atoms with van der Waals surface area (Å²) in [5.41, 5.74) is 2.45. The molecule has 3 aromatic heterocycles. The van der Waals surface area contributed by atoms with Crippen molar-refractivity contribution in [1.29, 1.82) is 0 Å². The second-order valence-corrected chi connectivity index (χ2v) is 6.42. The second kappa shape index (κ2) is 5.85. The molecule has 0 aliphatic rings. The molecule has 0 saturated carbocycles. The molecule has 0 radical (unpaired) electrons. The molecule has 8 heteroatoms. The Bertz CT molecular complexity index is 1310. The van der Waals surface area contributed by atoms with Gasteiger partial charge in [0.25, 0.3) is 0 Å². The van der Waals surface area contributed by atoms with E-state index in [1.165, 1.54) is 12.1 Å². The van der Waals surface area contributed by atoms with E-state index in [-0.39, 0.29) is 5.82 Å². The Morgan fingerprint density at radius 1 is 1.00 bits per heavy atom. The van der Waals surface area contributed by atoms with Crippen molar-refractivity contribution in [2.75, 3.05) is 0 Å². The van der Waals surface area contributed by atoms with Crippen LogP contribution in [0.25, 0.3) is 39.1 Å². The van der Waals surface area contributed by atoms with E-state index in [4.69, 9.17) is 16.1 Å². The third-order valence-corrected chi connectivity index (χ3v) is 4.70. The van der Waals surface area contributed by atoms with Crippen molar-refractivity contribution in [3.63, 3.8) is 0 Å². The molecular formula is C19H11ClFN5O. The summed E-state index contributed by atoms with van der Waals surface area (Å²) in [5, 5.41) is 19.2. The van der Waals surface area contributed by atoms with E-state index in [0.29, 0.717) is 39.2 Å². The van der Waals surface area contributed by atoms with E-state index in [1.807, 2.05) is 24.3 Å². The molecule has 5 aromatic rings. The number of aryl methyl sites for hydroxylation is 1. The van der Waals surface area contributed by atoms with Crippen molar-refractivity contribution in [3.8, 4) is 22.6 Å². The highest BCUT2D eigenvalue weighted by molar-refractivity contribution is 6.34. The molecule has 0 aliphatic heterocycles. The first-order chi connectivity index (χ1) is 13.1. The maximum absolute atomic E-state index is 13.3. The number of halogens is 2. The van der Waals surface area contributed by atoms with Gasteiger partial charge in [0.1, 0.15) is 17.3 Å². The molecule has 0 N–H and O–H groups in total. The van der Waals surface area contributed by atoms with Gasteiger partial charge in [0.2, 0.25) is 0 Å². The highest BCUT2D eigenvalue weighted by Gasteiger charge is 2.23. The molecule has 0 bridgehead atoms. The minimum Gasteiger partial charge on any atom is -0.360 e. The number of fused-ring (bicyclic) bond motifs is 3. The summed E-state index contributed by atoms with van der Waals surface area (Å²) in [5.74, 6) is 0.679. The Morgan fingerprint density at radius 3 is 2.52 bits per heavy atom. The van der Waals surface area contributed by atoms with Gasteiger partial charge in [0, 0.05) is 16.3 Å². The standard InChI is InChI=1S/C19H11ClFN5O/c1-10-15(16(25-27-10)11-6-8-12(21)9-7-11)19-23-22-18-14-5-3-2-4-13(14)17(20)24-26(18)19/h2-9H,1H3. The van der Waals surface area contributed by atoms with E-state index in [0.717, 1.165) is 10.8 Å². The molecule has 0 aliphatic carbocycles. The first kappa shape index (κ1) is 15.9. The van der Waals surface area contributed by atoms with Crippen LogP contribution in [0.15, 0.2) is 53.1 Å². The zero-order valence-electron chi connectivity index (χ0n) is 14.0. The smallest absolute Gasteiger partial charge is 0.191 e. The van der Waals surface area contributed by atoms with Crippen molar-refractivity contribution < 1.29 is 8.91 Å². The summed E-state index contributed by atoms with van der Waals surface area (Å²) in [6.45, 7) is 1.78. The van der Waals surface area contributed by atoms with Crippen molar-refractivity contribution in [3.05, 3.63) is 65.3 Å². The lowest BCUT2D eigenvalue weighted by molar-refractivity contribution is 0.400. The predicted molar refractivity (Wildman–Crippen MR) is 98.9 cm³/mol. The SMILES string of the molecule is Cc1onc(-c2ccc(F)cc2)c1-c1nnc2c3ccccc3c(Cl)nn12. The van der Waals surface area contributed by atoms with Gasteiger partial charge in [-0.2, -0.15) is 9.61 Å². The van der Waals surface area contributed by atoms with Crippen LogP contribution in [0.4, 0.5) is 4.39 Å². The van der Waals surface area contributed by atoms with Crippen LogP contribution in [0.1, 0.15) is 5.76 Å². The predicted octanol–water partition coefficient (Wildman–Crippen LogP) is 4.70. The van der Waals surface area contributed by atoms with Crippen molar-refractivity contribution >= 4 is 28.0 Å². The molecule has 132 valence electrons. The van der Waals surface area contributed by atoms with Crippen molar-refractivity contribution in [1.82, 2.24) is 25.0 Å². The van der Waals surface area contributed by atoms with Gasteiger partial charge in [0.05, 0.1) is 5.56 Å². The summed E-state index contributed by atoms with van der Waals surface area (Å²) in [4.78, 5) is 0. The van der Waals surface area contributed by atoms with Crippen LogP contribution in [-0.2, 0) is 0 Å². The van der Waals surface area contributed by atoms with E-state index >= 15 is 0 Å². The third-order valence-electron chi connectivity index (χ3n) is 4.42. The van der Waals surface area contributed by atoms with Crippen molar-refractivity contribution in [2.24, 2.45) is 0 Å². The number of rotatable bonds is 2. The Balaban J connectivity index is 1.80. The van der Waals surface area contributed by atoms with Gasteiger partial charge >= 0.3 is 0 Å². The molecule has 27 heavy (non-hydrogen) atoms. The number of aromatic nitrogens is 5. The van der Waals surface area contributed by atoms with Crippen molar-refractivity contribution in [2.45, 2.75) is 6.92 Å². The Kier molecular flexibility index (Phi) is 3.45. The van der Waals surface area contributed by atoms with Crippen LogP contribution in [0, 0.1) is 12.7 Å². The number of benzene rings is 2. The zero-order valence-corrected chi connectivity index (χ0v) is 14.8. The average molecular weight is 380 g/mol. The van der Waals surface area contributed by atoms with Gasteiger partial charge in [-0.25, -0.2) is 4.39 Å². The summed E-state index contributed by atoms with van der Waals surface area (Å²) < 4.78 is 20.3. The van der Waals surface area contributed by atoms with E-state index in [9.17, 15) is 4.39 Å². The quantitative estimate of drug-likeness (QED) is 0.444. The van der Waals surface area contributed by atoms with Gasteiger partial charge in [-0.1, -0.05) is 41.0 Å². The molecule has 3 heterocycles. The monoisotopic (exact) mass is 379 g/mol. The van der Waals surface area contributed by atoms with Gasteiger partial charge in [-0.3, -0.25) is 0 Å². The molecule has 0 spiro atoms. The highest BCUT2D eigenvalue weighted by atomic mass is 35.5. The zero-order chi connectivity index (χ0) is 18.5. The lowest BCUT2D eigenvalue weighted by Gasteiger charge is -2.04. The van der Waals surface area contributed by atoms with E-state index in [1.54, 1.807) is 23.6 Å². The molecule has 0 amide bonds. The Labute approximate surface area is 157 Å². The molecule has 2 aromatic carbocycles. The van der Waals surface area contributed by atoms with E-state index < -0.39 is 0 Å². The minimum absolute atomic E-state index is 0.326. The lowest BCUT2D eigenvalue weighted by atomic mass is 10.1. The van der Waals surface area contributed by atoms with Crippen LogP contribution in [-0.4, -0.2) is 25.0 Å². The maximum atomic E-state index is 13.3. The van der Waals surface area contributed by atoms with Gasteiger partial charge < -0.3 is 4.52 Å². The molecule has 0 unspecified atom stereocenters. The first-order valence-corrected chi connectivity index (χ1v) is 8.53. The molecule has 0 saturated heterocycles. The number of hydrogen-bond donors (Lipinski definition) is 0. The highest BCUT2D eigenvalue weighted by Crippen LogP contribution is 2.34. The van der Waals surface area contributed by atoms with Crippen LogP contribution in [0.5, 0.6) is 0 Å². The molecule has 0 atom stereocenters. The molecule has 6 nitrogen and oxygen atoms in total. The maximum Gasteiger partial charge on any atom is 0.191 e. The lowest BCUT2D eigenvalue weighted by Crippen LogP contribution is -1.98. The topological polar surface area (TPSA) is 69.1 Å². The molecular weight excluding hydrogens is 369 g/mol. The van der Waals surface area contributed by atoms with Crippen LogP contribution in [0.2, 0.25) is 5.15 Å². The van der Waals surface area contributed by atoms with Crippen LogP contribution >= 0.6 is 11.6 Å². The summed E-state index contributed by atoms with van der Waals surface area (Å²) in [7, 11) is 0. The molecule has 0 fully saturated rings. The third kappa shape index (κ3) is 2.39. The average Bonchev–Trinajstić information content (AvgIpc) is 3.26.